The fourth-order valence-electron chi connectivity index (χ4n) is 2.52. The lowest BCUT2D eigenvalue weighted by molar-refractivity contribution is 0.0772. The Morgan fingerprint density at radius 3 is 2.38 bits per heavy atom. The summed E-state index contributed by atoms with van der Waals surface area (Å²) < 4.78 is 0. The Balaban J connectivity index is 2.22. The summed E-state index contributed by atoms with van der Waals surface area (Å²) in [5.74, 6) is -0.381. The molecule has 0 bridgehead atoms. The number of carbonyl (C=O) groups excluding carboxylic acids is 2. The normalized spacial score (nSPS) is 10.3. The van der Waals surface area contributed by atoms with Crippen molar-refractivity contribution in [2.75, 3.05) is 18.4 Å². The zero-order chi connectivity index (χ0) is 17.5. The van der Waals surface area contributed by atoms with Crippen molar-refractivity contribution < 1.29 is 9.59 Å². The summed E-state index contributed by atoms with van der Waals surface area (Å²) in [6, 6.07) is 9.27. The first kappa shape index (κ1) is 17.7. The quantitative estimate of drug-likeness (QED) is 0.885. The summed E-state index contributed by atoms with van der Waals surface area (Å²) in [6.45, 7) is 7.13. The van der Waals surface area contributed by atoms with Crippen molar-refractivity contribution in [3.05, 3.63) is 59.4 Å². The van der Waals surface area contributed by atoms with Crippen LogP contribution < -0.4 is 5.32 Å². The molecule has 0 fully saturated rings. The van der Waals surface area contributed by atoms with Gasteiger partial charge in [0.1, 0.15) is 0 Å². The van der Waals surface area contributed by atoms with Gasteiger partial charge in [-0.25, -0.2) is 0 Å². The maximum Gasteiger partial charge on any atom is 0.257 e. The van der Waals surface area contributed by atoms with Crippen LogP contribution in [0.1, 0.15) is 47.1 Å². The molecule has 126 valence electrons. The van der Waals surface area contributed by atoms with Gasteiger partial charge in [-0.1, -0.05) is 25.1 Å². The molecule has 0 saturated carbocycles. The third kappa shape index (κ3) is 3.98. The number of anilines is 1. The molecule has 5 heteroatoms. The predicted molar refractivity (Wildman–Crippen MR) is 95.3 cm³/mol. The number of aromatic nitrogens is 1. The molecule has 2 aromatic rings. The van der Waals surface area contributed by atoms with E-state index in [-0.39, 0.29) is 11.8 Å². The van der Waals surface area contributed by atoms with Gasteiger partial charge in [0, 0.05) is 31.2 Å². The van der Waals surface area contributed by atoms with Gasteiger partial charge < -0.3 is 10.2 Å². The van der Waals surface area contributed by atoms with Crippen LogP contribution in [0.5, 0.6) is 0 Å². The van der Waals surface area contributed by atoms with Crippen LogP contribution >= 0.6 is 0 Å². The number of amides is 2. The molecule has 1 N–H and O–H groups in total. The first-order valence-corrected chi connectivity index (χ1v) is 8.24. The molecule has 0 aliphatic heterocycles. The number of rotatable bonds is 6. The van der Waals surface area contributed by atoms with Crippen LogP contribution in [0.25, 0.3) is 0 Å². The van der Waals surface area contributed by atoms with E-state index in [1.165, 1.54) is 12.4 Å². The average Bonchev–Trinajstić information content (AvgIpc) is 2.63. The summed E-state index contributed by atoms with van der Waals surface area (Å²) >= 11 is 0. The Morgan fingerprint density at radius 1 is 1.04 bits per heavy atom. The smallest absolute Gasteiger partial charge is 0.257 e. The third-order valence-corrected chi connectivity index (χ3v) is 3.94. The molecule has 0 atom stereocenters. The fraction of sp³-hybridized carbons (Fsp3) is 0.316. The van der Waals surface area contributed by atoms with Crippen LogP contribution in [-0.4, -0.2) is 34.8 Å². The van der Waals surface area contributed by atoms with Gasteiger partial charge in [0.05, 0.1) is 11.1 Å². The number of hydrogen-bond acceptors (Lipinski definition) is 3. The summed E-state index contributed by atoms with van der Waals surface area (Å²) in [5.41, 5.74) is 2.65. The maximum absolute atomic E-state index is 12.5. The van der Waals surface area contributed by atoms with Gasteiger partial charge in [-0.3, -0.25) is 14.6 Å². The molecule has 2 amide bonds. The van der Waals surface area contributed by atoms with Crippen molar-refractivity contribution in [3.8, 4) is 0 Å². The number of hydrogen-bond donors (Lipinski definition) is 1. The van der Waals surface area contributed by atoms with E-state index in [1.807, 2.05) is 45.0 Å². The van der Waals surface area contributed by atoms with Crippen LogP contribution in [0.3, 0.4) is 0 Å². The number of nitrogens with one attached hydrogen (secondary N) is 1. The largest absolute Gasteiger partial charge is 0.339 e. The van der Waals surface area contributed by atoms with E-state index >= 15 is 0 Å². The van der Waals surface area contributed by atoms with Gasteiger partial charge in [0.2, 0.25) is 0 Å². The molecule has 5 nitrogen and oxygen atoms in total. The van der Waals surface area contributed by atoms with Crippen molar-refractivity contribution in [1.29, 1.82) is 0 Å². The van der Waals surface area contributed by atoms with Gasteiger partial charge in [-0.15, -0.1) is 0 Å². The lowest BCUT2D eigenvalue weighted by atomic mass is 10.1. The van der Waals surface area contributed by atoms with E-state index in [2.05, 4.69) is 10.3 Å². The van der Waals surface area contributed by atoms with Crippen LogP contribution in [0.15, 0.2) is 42.7 Å². The highest BCUT2D eigenvalue weighted by molar-refractivity contribution is 6.06. The minimum absolute atomic E-state index is 0.115. The zero-order valence-electron chi connectivity index (χ0n) is 14.4. The lowest BCUT2D eigenvalue weighted by Gasteiger charge is -2.18. The number of benzene rings is 1. The molecule has 0 aliphatic carbocycles. The summed E-state index contributed by atoms with van der Waals surface area (Å²) in [7, 11) is 0. The highest BCUT2D eigenvalue weighted by atomic mass is 16.2. The molecular weight excluding hydrogens is 302 g/mol. The van der Waals surface area contributed by atoms with E-state index < -0.39 is 0 Å². The van der Waals surface area contributed by atoms with Gasteiger partial charge in [0.15, 0.2) is 0 Å². The number of nitrogens with zero attached hydrogens (tertiary/aromatic N) is 2. The van der Waals surface area contributed by atoms with Crippen molar-refractivity contribution in [3.63, 3.8) is 0 Å². The summed E-state index contributed by atoms with van der Waals surface area (Å²) in [4.78, 5) is 30.6. The van der Waals surface area contributed by atoms with Crippen molar-refractivity contribution in [2.24, 2.45) is 0 Å². The molecule has 0 spiro atoms. The highest BCUT2D eigenvalue weighted by Gasteiger charge is 2.16. The Hall–Kier alpha value is -2.69. The minimum Gasteiger partial charge on any atom is -0.339 e. The van der Waals surface area contributed by atoms with E-state index in [4.69, 9.17) is 0 Å². The SMILES string of the molecule is CCc1ccccc1NC(=O)c1cncc(C(=O)N(CC)CC)c1. The number of pyridine rings is 1. The molecule has 2 rings (SSSR count). The molecule has 0 unspecified atom stereocenters. The van der Waals surface area contributed by atoms with E-state index in [9.17, 15) is 9.59 Å². The van der Waals surface area contributed by atoms with Crippen LogP contribution in [0, 0.1) is 0 Å². The van der Waals surface area contributed by atoms with Gasteiger partial charge in [-0.05, 0) is 38.0 Å². The van der Waals surface area contributed by atoms with E-state index in [0.29, 0.717) is 24.2 Å². The number of aryl methyl sites for hydroxylation is 1. The maximum atomic E-state index is 12.5. The second-order valence-electron chi connectivity index (χ2n) is 5.40. The molecule has 1 aromatic heterocycles. The van der Waals surface area contributed by atoms with Gasteiger partial charge in [-0.2, -0.15) is 0 Å². The second kappa shape index (κ2) is 8.24. The molecule has 0 saturated heterocycles. The van der Waals surface area contributed by atoms with E-state index in [0.717, 1.165) is 17.7 Å². The van der Waals surface area contributed by atoms with Crippen molar-refractivity contribution in [1.82, 2.24) is 9.88 Å². The first-order chi connectivity index (χ1) is 11.6. The van der Waals surface area contributed by atoms with Crippen LogP contribution in [0.4, 0.5) is 5.69 Å². The van der Waals surface area contributed by atoms with Gasteiger partial charge >= 0.3 is 0 Å². The fourth-order valence-corrected chi connectivity index (χ4v) is 2.52. The molecule has 1 aromatic carbocycles. The monoisotopic (exact) mass is 325 g/mol. The Kier molecular flexibility index (Phi) is 6.07. The summed E-state index contributed by atoms with van der Waals surface area (Å²) in [6.07, 6.45) is 3.80. The second-order valence-corrected chi connectivity index (χ2v) is 5.40. The highest BCUT2D eigenvalue weighted by Crippen LogP contribution is 2.17. The zero-order valence-corrected chi connectivity index (χ0v) is 14.4. The van der Waals surface area contributed by atoms with Crippen LogP contribution in [0.2, 0.25) is 0 Å². The Bertz CT molecular complexity index is 724. The number of carbonyl (C=O) groups is 2. The lowest BCUT2D eigenvalue weighted by Crippen LogP contribution is -2.30. The predicted octanol–water partition coefficient (Wildman–Crippen LogP) is 3.38. The topological polar surface area (TPSA) is 62.3 Å². The minimum atomic E-state index is -0.266. The Morgan fingerprint density at radius 2 is 1.71 bits per heavy atom. The molecule has 0 aliphatic rings. The van der Waals surface area contributed by atoms with E-state index in [1.54, 1.807) is 11.0 Å². The molecule has 0 radical (unpaired) electrons. The average molecular weight is 325 g/mol. The van der Waals surface area contributed by atoms with Crippen molar-refractivity contribution >= 4 is 17.5 Å². The number of para-hydroxylation sites is 1. The third-order valence-electron chi connectivity index (χ3n) is 3.94. The molecular formula is C19H23N3O2. The van der Waals surface area contributed by atoms with Crippen LogP contribution in [-0.2, 0) is 6.42 Å². The first-order valence-electron chi connectivity index (χ1n) is 8.24. The molecule has 24 heavy (non-hydrogen) atoms. The van der Waals surface area contributed by atoms with Crippen molar-refractivity contribution in [2.45, 2.75) is 27.2 Å². The standard InChI is InChI=1S/C19H23N3O2/c1-4-14-9-7-8-10-17(14)21-18(23)15-11-16(13-20-12-15)19(24)22(5-2)6-3/h7-13H,4-6H2,1-3H3,(H,21,23). The van der Waals surface area contributed by atoms with Gasteiger partial charge in [0.25, 0.3) is 11.8 Å². The Labute approximate surface area is 142 Å². The summed E-state index contributed by atoms with van der Waals surface area (Å²) in [5, 5.41) is 2.90. The molecule has 1 heterocycles.